The summed E-state index contributed by atoms with van der Waals surface area (Å²) >= 11 is 3.26. The van der Waals surface area contributed by atoms with Crippen LogP contribution in [0.3, 0.4) is 0 Å². The Balaban J connectivity index is 3.04. The molecule has 2 atom stereocenters. The Labute approximate surface area is 144 Å². The van der Waals surface area contributed by atoms with Crippen LogP contribution in [0.25, 0.3) is 0 Å². The van der Waals surface area contributed by atoms with Crippen molar-refractivity contribution in [1.82, 2.24) is 4.90 Å². The van der Waals surface area contributed by atoms with E-state index in [1.807, 2.05) is 0 Å². The average Bonchev–Trinajstić information content (AvgIpc) is 2.37. The zero-order chi connectivity index (χ0) is 17.8. The zero-order valence-electron chi connectivity index (χ0n) is 13.6. The van der Waals surface area contributed by atoms with Crippen LogP contribution in [0.1, 0.15) is 33.3 Å². The second kappa shape index (κ2) is 7.68. The summed E-state index contributed by atoms with van der Waals surface area (Å²) in [6, 6.07) is 5.10. The Morgan fingerprint density at radius 3 is 2.17 bits per heavy atom. The van der Waals surface area contributed by atoms with Gasteiger partial charge in [0.2, 0.25) is 0 Å². The van der Waals surface area contributed by atoms with E-state index in [1.165, 1.54) is 12.1 Å². The lowest BCUT2D eigenvalue weighted by molar-refractivity contribution is -0.143. The fraction of sp³-hybridized carbons (Fsp3) is 0.500. The standard InChI is InChI=1S/C16H22BrNO5/c1-10(17)18(15(22)23-16(2,3)4)13(14(20)21)9-11-5-7-12(19)8-6-11/h5-8,10,13,19H,9H2,1-4H3,(H,20,21)/t10?,13-/m0/s1. The molecular formula is C16H22BrNO5. The van der Waals surface area contributed by atoms with Gasteiger partial charge in [0.1, 0.15) is 17.4 Å². The third-order valence-electron chi connectivity index (χ3n) is 2.97. The molecule has 6 nitrogen and oxygen atoms in total. The van der Waals surface area contributed by atoms with Crippen LogP contribution < -0.4 is 0 Å². The molecule has 1 aromatic rings. The number of carbonyl (C=O) groups is 2. The Morgan fingerprint density at radius 2 is 1.78 bits per heavy atom. The highest BCUT2D eigenvalue weighted by Gasteiger charge is 2.35. The van der Waals surface area contributed by atoms with E-state index in [9.17, 15) is 19.8 Å². The fourth-order valence-electron chi connectivity index (χ4n) is 2.00. The minimum Gasteiger partial charge on any atom is -0.508 e. The minimum absolute atomic E-state index is 0.0958. The largest absolute Gasteiger partial charge is 0.508 e. The number of aromatic hydroxyl groups is 1. The number of hydrogen-bond donors (Lipinski definition) is 2. The summed E-state index contributed by atoms with van der Waals surface area (Å²) in [6.07, 6.45) is -0.599. The van der Waals surface area contributed by atoms with Crippen LogP contribution in [0.5, 0.6) is 5.75 Å². The summed E-state index contributed by atoms with van der Waals surface area (Å²) in [7, 11) is 0. The molecule has 7 heteroatoms. The number of carboxylic acids is 1. The van der Waals surface area contributed by atoms with Gasteiger partial charge >= 0.3 is 12.1 Å². The van der Waals surface area contributed by atoms with Gasteiger partial charge in [0.25, 0.3) is 0 Å². The number of hydrogen-bond acceptors (Lipinski definition) is 4. The third kappa shape index (κ3) is 6.09. The topological polar surface area (TPSA) is 87.1 Å². The van der Waals surface area contributed by atoms with Gasteiger partial charge in [-0.2, -0.15) is 0 Å². The van der Waals surface area contributed by atoms with Crippen LogP contribution in [0.2, 0.25) is 0 Å². The predicted octanol–water partition coefficient (Wildman–Crippen LogP) is 3.37. The molecule has 0 heterocycles. The second-order valence-corrected chi connectivity index (χ2v) is 7.51. The Bertz CT molecular complexity index is 551. The number of nitrogens with zero attached hydrogens (tertiary/aromatic N) is 1. The molecule has 128 valence electrons. The number of benzene rings is 1. The summed E-state index contributed by atoms with van der Waals surface area (Å²) in [6.45, 7) is 6.82. The maximum atomic E-state index is 12.4. The first-order valence-corrected chi connectivity index (χ1v) is 8.09. The maximum Gasteiger partial charge on any atom is 0.411 e. The molecule has 0 spiro atoms. The van der Waals surface area contributed by atoms with Gasteiger partial charge in [0.15, 0.2) is 0 Å². The molecule has 0 saturated heterocycles. The molecule has 0 radical (unpaired) electrons. The number of carbonyl (C=O) groups excluding carboxylic acids is 1. The van der Waals surface area contributed by atoms with E-state index in [4.69, 9.17) is 4.74 Å². The summed E-state index contributed by atoms with van der Waals surface area (Å²) in [5, 5.41) is 18.8. The first-order valence-electron chi connectivity index (χ1n) is 7.17. The number of carboxylic acid groups (broad SMARTS) is 1. The van der Waals surface area contributed by atoms with Crippen LogP contribution >= 0.6 is 15.9 Å². The quantitative estimate of drug-likeness (QED) is 0.597. The normalized spacial score (nSPS) is 14.0. The van der Waals surface area contributed by atoms with Crippen molar-refractivity contribution < 1.29 is 24.5 Å². The van der Waals surface area contributed by atoms with Crippen molar-refractivity contribution in [1.29, 1.82) is 0 Å². The number of phenols is 1. The van der Waals surface area contributed by atoms with E-state index in [1.54, 1.807) is 39.8 Å². The summed E-state index contributed by atoms with van der Waals surface area (Å²) < 4.78 is 5.30. The van der Waals surface area contributed by atoms with Crippen molar-refractivity contribution in [2.45, 2.75) is 50.7 Å². The van der Waals surface area contributed by atoms with Crippen molar-refractivity contribution in [3.05, 3.63) is 29.8 Å². The monoisotopic (exact) mass is 387 g/mol. The minimum atomic E-state index is -1.13. The van der Waals surface area contributed by atoms with Gasteiger partial charge in [0.05, 0.1) is 4.95 Å². The summed E-state index contributed by atoms with van der Waals surface area (Å²) in [5.41, 5.74) is -0.0318. The SMILES string of the molecule is CC(Br)N(C(=O)OC(C)(C)C)[C@@H](Cc1ccc(O)cc1)C(=O)O. The van der Waals surface area contributed by atoms with Crippen molar-refractivity contribution in [2.24, 2.45) is 0 Å². The number of aliphatic carboxylic acids is 1. The third-order valence-corrected chi connectivity index (χ3v) is 3.42. The van der Waals surface area contributed by atoms with E-state index in [0.29, 0.717) is 5.56 Å². The molecule has 0 aliphatic heterocycles. The van der Waals surface area contributed by atoms with E-state index < -0.39 is 28.7 Å². The predicted molar refractivity (Wildman–Crippen MR) is 89.7 cm³/mol. The highest BCUT2D eigenvalue weighted by molar-refractivity contribution is 9.09. The molecule has 0 aliphatic carbocycles. The first kappa shape index (κ1) is 19.3. The number of ether oxygens (including phenoxy) is 1. The number of amides is 1. The number of alkyl halides is 1. The smallest absolute Gasteiger partial charge is 0.411 e. The lowest BCUT2D eigenvalue weighted by atomic mass is 10.0. The summed E-state index contributed by atoms with van der Waals surface area (Å²) in [5.74, 6) is -1.03. The number of halogens is 1. The Morgan fingerprint density at radius 1 is 1.26 bits per heavy atom. The molecule has 0 saturated carbocycles. The highest BCUT2D eigenvalue weighted by atomic mass is 79.9. The van der Waals surface area contributed by atoms with Crippen LogP contribution in [0.15, 0.2) is 24.3 Å². The van der Waals surface area contributed by atoms with Gasteiger partial charge in [-0.25, -0.2) is 9.59 Å². The summed E-state index contributed by atoms with van der Waals surface area (Å²) in [4.78, 5) is 24.7. The van der Waals surface area contributed by atoms with E-state index in [0.717, 1.165) is 4.90 Å². The average molecular weight is 388 g/mol. The molecule has 0 aromatic heterocycles. The number of rotatable bonds is 5. The Hall–Kier alpha value is -1.76. The van der Waals surface area contributed by atoms with Crippen molar-refractivity contribution >= 4 is 28.0 Å². The molecule has 1 amide bonds. The molecule has 1 unspecified atom stereocenters. The second-order valence-electron chi connectivity index (χ2n) is 6.19. The van der Waals surface area contributed by atoms with Crippen LogP contribution in [-0.2, 0) is 16.0 Å². The molecule has 0 aliphatic rings. The van der Waals surface area contributed by atoms with Gasteiger partial charge in [-0.3, -0.25) is 4.90 Å². The van der Waals surface area contributed by atoms with Crippen LogP contribution in [0.4, 0.5) is 4.79 Å². The van der Waals surface area contributed by atoms with Gasteiger partial charge in [0, 0.05) is 6.42 Å². The van der Waals surface area contributed by atoms with Crippen LogP contribution in [0, 0.1) is 0 Å². The molecule has 23 heavy (non-hydrogen) atoms. The Kier molecular flexibility index (Phi) is 6.44. The fourth-order valence-corrected chi connectivity index (χ4v) is 2.45. The number of phenolic OH excluding ortho intramolecular Hbond substituents is 1. The lowest BCUT2D eigenvalue weighted by Gasteiger charge is -2.33. The zero-order valence-corrected chi connectivity index (χ0v) is 15.2. The van der Waals surface area contributed by atoms with Gasteiger partial charge in [-0.1, -0.05) is 28.1 Å². The molecular weight excluding hydrogens is 366 g/mol. The maximum absolute atomic E-state index is 12.4. The van der Waals surface area contributed by atoms with E-state index in [-0.39, 0.29) is 12.2 Å². The van der Waals surface area contributed by atoms with Crippen molar-refractivity contribution in [3.8, 4) is 5.75 Å². The highest BCUT2D eigenvalue weighted by Crippen LogP contribution is 2.21. The lowest BCUT2D eigenvalue weighted by Crippen LogP contribution is -2.50. The van der Waals surface area contributed by atoms with E-state index >= 15 is 0 Å². The molecule has 1 aromatic carbocycles. The van der Waals surface area contributed by atoms with Gasteiger partial charge in [-0.05, 0) is 45.4 Å². The van der Waals surface area contributed by atoms with Crippen LogP contribution in [-0.4, -0.2) is 43.8 Å². The molecule has 0 fully saturated rings. The molecule has 1 rings (SSSR count). The van der Waals surface area contributed by atoms with Gasteiger partial charge in [-0.15, -0.1) is 0 Å². The van der Waals surface area contributed by atoms with Gasteiger partial charge < -0.3 is 14.9 Å². The first-order chi connectivity index (χ1) is 10.5. The van der Waals surface area contributed by atoms with E-state index in [2.05, 4.69) is 15.9 Å². The van der Waals surface area contributed by atoms with Crippen molar-refractivity contribution in [3.63, 3.8) is 0 Å². The molecule has 0 bridgehead atoms. The van der Waals surface area contributed by atoms with Crippen molar-refractivity contribution in [2.75, 3.05) is 0 Å². The molecule has 2 N–H and O–H groups in total.